The van der Waals surface area contributed by atoms with Gasteiger partial charge >= 0.3 is 0 Å². The van der Waals surface area contributed by atoms with Crippen molar-refractivity contribution in [2.75, 3.05) is 12.0 Å². The number of rotatable bonds is 6. The van der Waals surface area contributed by atoms with Gasteiger partial charge in [-0.1, -0.05) is 12.1 Å². The maximum atomic E-state index is 11.9. The molecule has 0 saturated heterocycles. The average molecular weight is 331 g/mol. The van der Waals surface area contributed by atoms with Gasteiger partial charge in [-0.2, -0.15) is 11.8 Å². The Morgan fingerprint density at radius 2 is 2.11 bits per heavy atom. The molecule has 0 saturated carbocycles. The molecule has 1 atom stereocenters. The van der Waals surface area contributed by atoms with Gasteiger partial charge < -0.3 is 15.2 Å². The first kappa shape index (κ1) is 15.0. The van der Waals surface area contributed by atoms with E-state index < -0.39 is 17.9 Å². The second kappa shape index (κ2) is 7.43. The fourth-order valence-electron chi connectivity index (χ4n) is 1.37. The van der Waals surface area contributed by atoms with Crippen LogP contribution in [-0.2, 0) is 4.79 Å². The molecule has 0 aliphatic carbocycles. The van der Waals surface area contributed by atoms with Crippen molar-refractivity contribution < 1.29 is 14.7 Å². The number of thioether (sulfide) groups is 1. The molecule has 0 aromatic heterocycles. The predicted molar refractivity (Wildman–Crippen MR) is 73.4 cm³/mol. The maximum Gasteiger partial charge on any atom is 0.252 e. The van der Waals surface area contributed by atoms with Crippen molar-refractivity contribution in [1.82, 2.24) is 5.32 Å². The lowest BCUT2D eigenvalue weighted by molar-refractivity contribution is -0.308. The molecule has 0 aliphatic heterocycles. The molecule has 98 valence electrons. The first-order valence-corrected chi connectivity index (χ1v) is 7.50. The number of carboxylic acids is 1. The van der Waals surface area contributed by atoms with Crippen molar-refractivity contribution in [2.45, 2.75) is 12.5 Å². The van der Waals surface area contributed by atoms with Crippen molar-refractivity contribution in [1.29, 1.82) is 0 Å². The monoisotopic (exact) mass is 330 g/mol. The van der Waals surface area contributed by atoms with Gasteiger partial charge in [-0.3, -0.25) is 4.79 Å². The largest absolute Gasteiger partial charge is 0.548 e. The van der Waals surface area contributed by atoms with Crippen molar-refractivity contribution in [2.24, 2.45) is 0 Å². The summed E-state index contributed by atoms with van der Waals surface area (Å²) in [5, 5.41) is 13.4. The summed E-state index contributed by atoms with van der Waals surface area (Å²) in [6.45, 7) is 0. The SMILES string of the molecule is CSCC[C@H](NC(=O)c1ccccc1Br)C(=O)[O-]. The van der Waals surface area contributed by atoms with Crippen LogP contribution in [0.4, 0.5) is 0 Å². The van der Waals surface area contributed by atoms with E-state index in [1.807, 2.05) is 6.26 Å². The smallest absolute Gasteiger partial charge is 0.252 e. The average Bonchev–Trinajstić information content (AvgIpc) is 2.34. The van der Waals surface area contributed by atoms with Gasteiger partial charge in [-0.05, 0) is 46.5 Å². The molecule has 1 aromatic carbocycles. The van der Waals surface area contributed by atoms with Gasteiger partial charge in [0.05, 0.1) is 17.6 Å². The minimum Gasteiger partial charge on any atom is -0.548 e. The molecular weight excluding hydrogens is 318 g/mol. The Morgan fingerprint density at radius 3 is 2.67 bits per heavy atom. The molecule has 6 heteroatoms. The highest BCUT2D eigenvalue weighted by molar-refractivity contribution is 9.10. The molecule has 0 spiro atoms. The zero-order valence-electron chi connectivity index (χ0n) is 9.81. The van der Waals surface area contributed by atoms with Gasteiger partial charge in [0, 0.05) is 4.47 Å². The molecule has 1 N–H and O–H groups in total. The summed E-state index contributed by atoms with van der Waals surface area (Å²) in [5.41, 5.74) is 0.410. The van der Waals surface area contributed by atoms with Crippen LogP contribution in [0, 0.1) is 0 Å². The van der Waals surface area contributed by atoms with Crippen LogP contribution in [-0.4, -0.2) is 29.9 Å². The summed E-state index contributed by atoms with van der Waals surface area (Å²) in [6.07, 6.45) is 2.22. The van der Waals surface area contributed by atoms with Gasteiger partial charge in [0.2, 0.25) is 0 Å². The van der Waals surface area contributed by atoms with Crippen LogP contribution in [0.25, 0.3) is 0 Å². The van der Waals surface area contributed by atoms with Gasteiger partial charge in [-0.25, -0.2) is 0 Å². The molecule has 4 nitrogen and oxygen atoms in total. The maximum absolute atomic E-state index is 11.9. The summed E-state index contributed by atoms with van der Waals surface area (Å²) < 4.78 is 0.629. The van der Waals surface area contributed by atoms with Gasteiger partial charge in [0.15, 0.2) is 0 Å². The number of amides is 1. The lowest BCUT2D eigenvalue weighted by Crippen LogP contribution is -2.48. The first-order valence-electron chi connectivity index (χ1n) is 5.31. The van der Waals surface area contributed by atoms with Crippen molar-refractivity contribution in [3.05, 3.63) is 34.3 Å². The lowest BCUT2D eigenvalue weighted by Gasteiger charge is -2.19. The molecule has 0 aliphatic rings. The molecule has 1 rings (SSSR count). The summed E-state index contributed by atoms with van der Waals surface area (Å²) in [4.78, 5) is 22.8. The van der Waals surface area contributed by atoms with E-state index in [-0.39, 0.29) is 0 Å². The second-order valence-corrected chi connectivity index (χ2v) is 5.45. The van der Waals surface area contributed by atoms with E-state index in [2.05, 4.69) is 21.2 Å². The Labute approximate surface area is 118 Å². The minimum atomic E-state index is -1.26. The molecule has 18 heavy (non-hydrogen) atoms. The Morgan fingerprint density at radius 1 is 1.44 bits per heavy atom. The van der Waals surface area contributed by atoms with Crippen LogP contribution in [0.2, 0.25) is 0 Å². The molecule has 1 amide bonds. The van der Waals surface area contributed by atoms with E-state index in [9.17, 15) is 14.7 Å². The summed E-state index contributed by atoms with van der Waals surface area (Å²) in [6, 6.07) is 5.89. The van der Waals surface area contributed by atoms with Crippen molar-refractivity contribution >= 4 is 39.6 Å². The fraction of sp³-hybridized carbons (Fsp3) is 0.333. The van der Waals surface area contributed by atoms with Crippen LogP contribution >= 0.6 is 27.7 Å². The van der Waals surface area contributed by atoms with Crippen LogP contribution in [0.3, 0.4) is 0 Å². The van der Waals surface area contributed by atoms with E-state index in [4.69, 9.17) is 0 Å². The summed E-state index contributed by atoms with van der Waals surface area (Å²) in [7, 11) is 0. The number of halogens is 1. The molecule has 0 radical (unpaired) electrons. The molecule has 1 aromatic rings. The number of carboxylic acid groups (broad SMARTS) is 1. The molecular formula is C12H13BrNO3S-. The number of hydrogen-bond donors (Lipinski definition) is 1. The number of carbonyl (C=O) groups is 2. The Kier molecular flexibility index (Phi) is 6.21. The zero-order chi connectivity index (χ0) is 13.5. The van der Waals surface area contributed by atoms with Gasteiger partial charge in [0.1, 0.15) is 0 Å². The Hall–Kier alpha value is -1.01. The van der Waals surface area contributed by atoms with Crippen LogP contribution in [0.1, 0.15) is 16.8 Å². The minimum absolute atomic E-state index is 0.347. The van der Waals surface area contributed by atoms with Gasteiger partial charge in [0.25, 0.3) is 5.91 Å². The summed E-state index contributed by atoms with van der Waals surface area (Å²) in [5.74, 6) is -1.03. The Balaban J connectivity index is 2.72. The molecule has 0 bridgehead atoms. The zero-order valence-corrected chi connectivity index (χ0v) is 12.2. The van der Waals surface area contributed by atoms with Crippen LogP contribution in [0.5, 0.6) is 0 Å². The quantitative estimate of drug-likeness (QED) is 0.846. The third-order valence-corrected chi connectivity index (χ3v) is 3.65. The second-order valence-electron chi connectivity index (χ2n) is 3.61. The van der Waals surface area contributed by atoms with E-state index in [1.54, 1.807) is 24.3 Å². The normalized spacial score (nSPS) is 11.9. The predicted octanol–water partition coefficient (Wildman–Crippen LogP) is 1.05. The van der Waals surface area contributed by atoms with Crippen LogP contribution in [0.15, 0.2) is 28.7 Å². The third-order valence-electron chi connectivity index (χ3n) is 2.32. The van der Waals surface area contributed by atoms with Crippen molar-refractivity contribution in [3.63, 3.8) is 0 Å². The highest BCUT2D eigenvalue weighted by Gasteiger charge is 2.15. The number of benzene rings is 1. The first-order chi connectivity index (χ1) is 8.56. The van der Waals surface area contributed by atoms with Crippen LogP contribution < -0.4 is 10.4 Å². The van der Waals surface area contributed by atoms with Gasteiger partial charge in [-0.15, -0.1) is 0 Å². The number of carbonyl (C=O) groups excluding carboxylic acids is 2. The molecule has 0 heterocycles. The van der Waals surface area contributed by atoms with E-state index in [0.29, 0.717) is 22.2 Å². The number of hydrogen-bond acceptors (Lipinski definition) is 4. The Bertz CT molecular complexity index is 439. The third kappa shape index (κ3) is 4.34. The highest BCUT2D eigenvalue weighted by atomic mass is 79.9. The highest BCUT2D eigenvalue weighted by Crippen LogP contribution is 2.15. The molecule has 0 fully saturated rings. The lowest BCUT2D eigenvalue weighted by atomic mass is 10.1. The van der Waals surface area contributed by atoms with E-state index in [1.165, 1.54) is 11.8 Å². The number of aliphatic carboxylic acids is 1. The number of nitrogens with one attached hydrogen (secondary N) is 1. The standard InChI is InChI=1S/C12H14BrNO3S/c1-18-7-6-10(12(16)17)14-11(15)8-4-2-3-5-9(8)13/h2-5,10H,6-7H2,1H3,(H,14,15)(H,16,17)/p-1/t10-/m0/s1. The van der Waals surface area contributed by atoms with Crippen molar-refractivity contribution in [3.8, 4) is 0 Å². The summed E-state index contributed by atoms with van der Waals surface area (Å²) >= 11 is 4.77. The van der Waals surface area contributed by atoms with E-state index in [0.717, 1.165) is 0 Å². The topological polar surface area (TPSA) is 69.2 Å². The fourth-order valence-corrected chi connectivity index (χ4v) is 2.30. The van der Waals surface area contributed by atoms with E-state index >= 15 is 0 Å². The molecule has 0 unspecified atom stereocenters.